The molecule has 1 unspecified atom stereocenters. The number of hydrogen-bond acceptors (Lipinski definition) is 3. The smallest absolute Gasteiger partial charge is 0.268 e. The molecule has 4 nitrogen and oxygen atoms in total. The topological polar surface area (TPSA) is 48.3 Å². The van der Waals surface area contributed by atoms with Gasteiger partial charge in [0.1, 0.15) is 0 Å². The summed E-state index contributed by atoms with van der Waals surface area (Å²) < 4.78 is 36.3. The number of ether oxygens (including phenoxy) is 1. The molecule has 158 valence electrons. The van der Waals surface area contributed by atoms with E-state index in [1.54, 1.807) is 24.3 Å². The molecular formula is C25H22BrNO3S. The van der Waals surface area contributed by atoms with Crippen LogP contribution in [0.15, 0.2) is 88.2 Å². The summed E-state index contributed by atoms with van der Waals surface area (Å²) in [6.45, 7) is 0.446. The van der Waals surface area contributed by atoms with Crippen molar-refractivity contribution in [3.8, 4) is 0 Å². The predicted molar refractivity (Wildman–Crippen MR) is 126 cm³/mol. The molecule has 1 atom stereocenters. The first-order valence-electron chi connectivity index (χ1n) is 10.3. The fraction of sp³-hybridized carbons (Fsp3) is 0.200. The molecule has 0 N–H and O–H groups in total. The number of fused-ring (bicyclic) bond motifs is 3. The summed E-state index contributed by atoms with van der Waals surface area (Å²) in [5, 5.41) is 0.969. The van der Waals surface area contributed by atoms with Crippen LogP contribution in [0.3, 0.4) is 0 Å². The first-order valence-corrected chi connectivity index (χ1v) is 12.6. The van der Waals surface area contributed by atoms with Crippen molar-refractivity contribution in [1.82, 2.24) is 3.97 Å². The number of aryl methyl sites for hydroxylation is 1. The van der Waals surface area contributed by atoms with E-state index in [0.717, 1.165) is 45.9 Å². The molecule has 0 bridgehead atoms. The van der Waals surface area contributed by atoms with Crippen molar-refractivity contribution in [3.63, 3.8) is 0 Å². The van der Waals surface area contributed by atoms with Crippen LogP contribution in [0, 0.1) is 0 Å². The maximum absolute atomic E-state index is 13.8. The quantitative estimate of drug-likeness (QED) is 0.329. The number of benzene rings is 3. The molecule has 1 aromatic heterocycles. The highest BCUT2D eigenvalue weighted by atomic mass is 79.9. The Hall–Kier alpha value is -2.41. The van der Waals surface area contributed by atoms with Crippen molar-refractivity contribution >= 4 is 36.9 Å². The first-order chi connectivity index (χ1) is 15.1. The van der Waals surface area contributed by atoms with E-state index in [1.807, 2.05) is 54.6 Å². The molecule has 1 aliphatic carbocycles. The van der Waals surface area contributed by atoms with Gasteiger partial charge in [0.05, 0.1) is 28.8 Å². The van der Waals surface area contributed by atoms with Gasteiger partial charge in [0.25, 0.3) is 10.0 Å². The van der Waals surface area contributed by atoms with Crippen LogP contribution in [0.4, 0.5) is 0 Å². The monoisotopic (exact) mass is 495 g/mol. The highest BCUT2D eigenvalue weighted by Crippen LogP contribution is 2.42. The van der Waals surface area contributed by atoms with Crippen molar-refractivity contribution in [2.75, 3.05) is 0 Å². The van der Waals surface area contributed by atoms with Gasteiger partial charge in [-0.2, -0.15) is 0 Å². The molecule has 6 heteroatoms. The highest BCUT2D eigenvalue weighted by Gasteiger charge is 2.33. The Morgan fingerprint density at radius 1 is 0.968 bits per heavy atom. The third-order valence-electron chi connectivity index (χ3n) is 5.80. The molecule has 1 heterocycles. The second-order valence-corrected chi connectivity index (χ2v) is 10.5. The molecular weight excluding hydrogens is 474 g/mol. The van der Waals surface area contributed by atoms with Gasteiger partial charge in [-0.25, -0.2) is 12.4 Å². The minimum Gasteiger partial charge on any atom is -0.367 e. The number of rotatable bonds is 5. The lowest BCUT2D eigenvalue weighted by molar-refractivity contribution is 0.0252. The van der Waals surface area contributed by atoms with Gasteiger partial charge in [-0.1, -0.05) is 64.5 Å². The van der Waals surface area contributed by atoms with E-state index in [4.69, 9.17) is 4.74 Å². The van der Waals surface area contributed by atoms with Gasteiger partial charge in [-0.3, -0.25) is 0 Å². The summed E-state index contributed by atoms with van der Waals surface area (Å²) in [6, 6.07) is 24.4. The Morgan fingerprint density at radius 3 is 2.42 bits per heavy atom. The molecule has 0 radical (unpaired) electrons. The lowest BCUT2D eigenvalue weighted by Crippen LogP contribution is -2.22. The van der Waals surface area contributed by atoms with Gasteiger partial charge < -0.3 is 4.74 Å². The maximum Gasteiger partial charge on any atom is 0.268 e. The molecule has 0 saturated heterocycles. The van der Waals surface area contributed by atoms with Crippen LogP contribution in [0.25, 0.3) is 10.9 Å². The molecule has 0 aliphatic heterocycles. The van der Waals surface area contributed by atoms with Crippen LogP contribution in [0.1, 0.15) is 35.8 Å². The molecule has 0 amide bonds. The fourth-order valence-corrected chi connectivity index (χ4v) is 6.37. The third kappa shape index (κ3) is 3.73. The standard InChI is InChI=1S/C25H22BrNO3S/c26-19-14-15-23-22(16-19)21-12-7-13-24(30-17-18-8-3-1-4-9-18)25(21)27(23)31(28,29)20-10-5-2-6-11-20/h1-6,8-11,14-16,24H,7,12-13,17H2. The van der Waals surface area contributed by atoms with Crippen LogP contribution in [0.2, 0.25) is 0 Å². The summed E-state index contributed by atoms with van der Waals surface area (Å²) in [5.41, 5.74) is 3.61. The number of halogens is 1. The Bertz CT molecular complexity index is 1330. The van der Waals surface area contributed by atoms with Crippen LogP contribution < -0.4 is 0 Å². The molecule has 0 saturated carbocycles. The van der Waals surface area contributed by atoms with Gasteiger partial charge in [-0.15, -0.1) is 0 Å². The van der Waals surface area contributed by atoms with Crippen LogP contribution in [-0.2, 0) is 27.8 Å². The molecule has 4 aromatic rings. The second kappa shape index (κ2) is 8.26. The van der Waals surface area contributed by atoms with Crippen molar-refractivity contribution in [3.05, 3.63) is 100 Å². The minimum atomic E-state index is -3.77. The van der Waals surface area contributed by atoms with Crippen molar-refractivity contribution < 1.29 is 13.2 Å². The molecule has 3 aromatic carbocycles. The van der Waals surface area contributed by atoms with E-state index in [2.05, 4.69) is 15.9 Å². The third-order valence-corrected chi connectivity index (χ3v) is 8.04. The second-order valence-electron chi connectivity index (χ2n) is 7.79. The summed E-state index contributed by atoms with van der Waals surface area (Å²) >= 11 is 3.55. The van der Waals surface area contributed by atoms with Gasteiger partial charge >= 0.3 is 0 Å². The van der Waals surface area contributed by atoms with E-state index >= 15 is 0 Å². The molecule has 1 aliphatic rings. The van der Waals surface area contributed by atoms with Crippen molar-refractivity contribution in [2.24, 2.45) is 0 Å². The van der Waals surface area contributed by atoms with E-state index in [-0.39, 0.29) is 11.0 Å². The molecule has 0 spiro atoms. The van der Waals surface area contributed by atoms with E-state index in [1.165, 1.54) is 3.97 Å². The van der Waals surface area contributed by atoms with Gasteiger partial charge in [-0.05, 0) is 60.7 Å². The molecule has 0 fully saturated rings. The van der Waals surface area contributed by atoms with Crippen molar-refractivity contribution in [2.45, 2.75) is 36.9 Å². The predicted octanol–water partition coefficient (Wildman–Crippen LogP) is 6.24. The number of aromatic nitrogens is 1. The SMILES string of the molecule is O=S(=O)(c1ccccc1)n1c2c(c3cc(Br)ccc31)CCCC2OCc1ccccc1. The number of hydrogen-bond donors (Lipinski definition) is 0. The van der Waals surface area contributed by atoms with E-state index in [9.17, 15) is 8.42 Å². The Kier molecular flexibility index (Phi) is 5.46. The molecule has 31 heavy (non-hydrogen) atoms. The maximum atomic E-state index is 13.8. The Morgan fingerprint density at radius 2 is 1.68 bits per heavy atom. The van der Waals surface area contributed by atoms with Gasteiger partial charge in [0.15, 0.2) is 0 Å². The zero-order valence-corrected chi connectivity index (χ0v) is 19.3. The highest BCUT2D eigenvalue weighted by molar-refractivity contribution is 9.10. The first kappa shape index (κ1) is 20.5. The van der Waals surface area contributed by atoms with Crippen LogP contribution in [-0.4, -0.2) is 12.4 Å². The summed E-state index contributed by atoms with van der Waals surface area (Å²) in [7, 11) is -3.77. The van der Waals surface area contributed by atoms with Gasteiger partial charge in [0.2, 0.25) is 0 Å². The zero-order chi connectivity index (χ0) is 21.4. The van der Waals surface area contributed by atoms with Crippen molar-refractivity contribution in [1.29, 1.82) is 0 Å². The van der Waals surface area contributed by atoms with Gasteiger partial charge in [0, 0.05) is 9.86 Å². The largest absolute Gasteiger partial charge is 0.367 e. The lowest BCUT2D eigenvalue weighted by Gasteiger charge is -2.26. The zero-order valence-electron chi connectivity index (χ0n) is 16.9. The summed E-state index contributed by atoms with van der Waals surface area (Å²) in [4.78, 5) is 0.282. The average molecular weight is 496 g/mol. The normalized spacial score (nSPS) is 16.4. The Labute approximate surface area is 190 Å². The fourth-order valence-electron chi connectivity index (χ4n) is 4.40. The average Bonchev–Trinajstić information content (AvgIpc) is 3.14. The van der Waals surface area contributed by atoms with E-state index < -0.39 is 10.0 Å². The minimum absolute atomic E-state index is 0.282. The summed E-state index contributed by atoms with van der Waals surface area (Å²) in [6.07, 6.45) is 2.31. The Balaban J connectivity index is 1.68. The van der Waals surface area contributed by atoms with E-state index in [0.29, 0.717) is 12.1 Å². The van der Waals surface area contributed by atoms with Crippen LogP contribution in [0.5, 0.6) is 0 Å². The molecule has 5 rings (SSSR count). The van der Waals surface area contributed by atoms with Crippen LogP contribution >= 0.6 is 15.9 Å². The number of nitrogens with zero attached hydrogens (tertiary/aromatic N) is 1. The lowest BCUT2D eigenvalue weighted by atomic mass is 9.93. The summed E-state index contributed by atoms with van der Waals surface area (Å²) in [5.74, 6) is 0.